The Balaban J connectivity index is 2.50. The average Bonchev–Trinajstić information content (AvgIpc) is 3.47. The maximum absolute atomic E-state index is 12.7. The molecule has 59 heavy (non-hydrogen) atoms. The molecule has 6 N–H and O–H groups in total. The number of allylic oxidation sites excluding steroid dienone is 6. The Morgan fingerprint density at radius 3 is 2.10 bits per heavy atom. The number of carbonyl (C=O) groups excluding carboxylic acids is 3. The minimum absolute atomic E-state index is 0.0112. The van der Waals surface area contributed by atoms with Crippen LogP contribution in [0.15, 0.2) is 48.6 Å². The molecule has 0 amide bonds. The number of carbonyl (C=O) groups is 4. The minimum Gasteiger partial charge on any atom is -0.480 e. The van der Waals surface area contributed by atoms with E-state index >= 15 is 0 Å². The summed E-state index contributed by atoms with van der Waals surface area (Å²) in [4.78, 5) is 58.8. The Kier molecular flexibility index (Phi) is 30.9. The molecule has 338 valence electrons. The molecule has 0 heterocycles. The highest BCUT2D eigenvalue weighted by Gasteiger charge is 2.39. The van der Waals surface area contributed by atoms with E-state index in [1.807, 2.05) is 0 Å². The second-order valence-corrected chi connectivity index (χ2v) is 16.7. The number of carboxylic acids is 1. The van der Waals surface area contributed by atoms with E-state index in [-0.39, 0.29) is 36.9 Å². The third-order valence-corrected chi connectivity index (χ3v) is 10.9. The summed E-state index contributed by atoms with van der Waals surface area (Å²) < 4.78 is 32.7. The van der Waals surface area contributed by atoms with E-state index < -0.39 is 69.9 Å². The number of esters is 2. The number of phosphoric acid groups is 1. The number of aliphatic carboxylic acids is 1. The third-order valence-electron chi connectivity index (χ3n) is 9.96. The molecule has 0 aromatic rings. The lowest BCUT2D eigenvalue weighted by atomic mass is 9.88. The van der Waals surface area contributed by atoms with Crippen molar-refractivity contribution in [2.45, 2.75) is 173 Å². The summed E-state index contributed by atoms with van der Waals surface area (Å²) in [6.45, 7) is 2.32. The van der Waals surface area contributed by atoms with Crippen molar-refractivity contribution in [1.29, 1.82) is 0 Å². The van der Waals surface area contributed by atoms with Crippen LogP contribution in [0.3, 0.4) is 0 Å². The number of hydrogen-bond acceptors (Lipinski definition) is 12. The first kappa shape index (κ1) is 54.0. The zero-order valence-corrected chi connectivity index (χ0v) is 36.4. The van der Waals surface area contributed by atoms with Crippen LogP contribution in [0.5, 0.6) is 0 Å². The number of hydrogen-bond donors (Lipinski definition) is 5. The molecular formula is C44H74NO13P. The van der Waals surface area contributed by atoms with Gasteiger partial charge in [0.15, 0.2) is 6.10 Å². The van der Waals surface area contributed by atoms with E-state index in [0.717, 1.165) is 77.0 Å². The van der Waals surface area contributed by atoms with Crippen LogP contribution >= 0.6 is 7.82 Å². The maximum Gasteiger partial charge on any atom is 0.472 e. The van der Waals surface area contributed by atoms with Gasteiger partial charge >= 0.3 is 25.7 Å². The van der Waals surface area contributed by atoms with E-state index in [2.05, 4.69) is 54.8 Å². The number of unbranched alkanes of at least 4 members (excludes halogenated alkanes) is 10. The molecule has 1 aliphatic rings. The van der Waals surface area contributed by atoms with Gasteiger partial charge in [0, 0.05) is 31.1 Å². The number of rotatable bonds is 36. The molecule has 0 aromatic heterocycles. The number of ketones is 1. The van der Waals surface area contributed by atoms with Crippen molar-refractivity contribution in [2.75, 3.05) is 19.8 Å². The van der Waals surface area contributed by atoms with Crippen molar-refractivity contribution in [3.63, 3.8) is 0 Å². The summed E-state index contributed by atoms with van der Waals surface area (Å²) in [7, 11) is -4.79. The highest BCUT2D eigenvalue weighted by molar-refractivity contribution is 7.47. The molecule has 0 spiro atoms. The molecular weight excluding hydrogens is 781 g/mol. The second-order valence-electron chi connectivity index (χ2n) is 15.2. The van der Waals surface area contributed by atoms with Crippen LogP contribution in [-0.4, -0.2) is 88.1 Å². The van der Waals surface area contributed by atoms with Crippen molar-refractivity contribution in [3.8, 4) is 0 Å². The lowest BCUT2D eigenvalue weighted by Crippen LogP contribution is -2.34. The van der Waals surface area contributed by atoms with E-state index in [1.165, 1.54) is 0 Å². The second kappa shape index (κ2) is 33.7. The molecule has 1 aliphatic carbocycles. The largest absolute Gasteiger partial charge is 0.480 e. The molecule has 1 unspecified atom stereocenters. The quantitative estimate of drug-likeness (QED) is 0.0174. The van der Waals surface area contributed by atoms with E-state index in [1.54, 1.807) is 12.2 Å². The van der Waals surface area contributed by atoms with Gasteiger partial charge in [0.25, 0.3) is 0 Å². The van der Waals surface area contributed by atoms with Crippen molar-refractivity contribution in [3.05, 3.63) is 48.6 Å². The maximum atomic E-state index is 12.7. The summed E-state index contributed by atoms with van der Waals surface area (Å²) in [5, 5.41) is 29.6. The van der Waals surface area contributed by atoms with Crippen molar-refractivity contribution in [1.82, 2.24) is 0 Å². The summed E-state index contributed by atoms with van der Waals surface area (Å²) in [5.41, 5.74) is 5.33. The van der Waals surface area contributed by atoms with Crippen molar-refractivity contribution in [2.24, 2.45) is 17.6 Å². The highest BCUT2D eigenvalue weighted by atomic mass is 31.2. The monoisotopic (exact) mass is 855 g/mol. The fourth-order valence-electron chi connectivity index (χ4n) is 6.50. The van der Waals surface area contributed by atoms with Crippen LogP contribution in [0.4, 0.5) is 0 Å². The van der Waals surface area contributed by atoms with Gasteiger partial charge in [-0.25, -0.2) is 4.57 Å². The van der Waals surface area contributed by atoms with Gasteiger partial charge < -0.3 is 35.4 Å². The van der Waals surface area contributed by atoms with Gasteiger partial charge in [0.2, 0.25) is 0 Å². The van der Waals surface area contributed by atoms with Gasteiger partial charge in [-0.15, -0.1) is 0 Å². The average molecular weight is 856 g/mol. The predicted octanol–water partition coefficient (Wildman–Crippen LogP) is 7.98. The molecule has 1 saturated carbocycles. The SMILES string of the molecule is CC/C=C\C/C=C\C/C=C\CCCCCCCC(=O)OC[C@H](COP(=O)(O)OC[C@H](N)C(=O)O)OC(=O)CCCCCC[C@H]1C(=O)C[C@@H](O)[C@@H]1/C=C/[C@@H](O)CCCCC. The number of aliphatic hydroxyl groups excluding tert-OH is 2. The Morgan fingerprint density at radius 1 is 0.814 bits per heavy atom. The first-order chi connectivity index (χ1) is 28.3. The molecule has 1 rings (SSSR count). The Bertz CT molecular complexity index is 1350. The normalized spacial score (nSPS) is 19.8. The summed E-state index contributed by atoms with van der Waals surface area (Å²) >= 11 is 0. The van der Waals surface area contributed by atoms with Gasteiger partial charge in [0.1, 0.15) is 18.4 Å². The molecule has 14 nitrogen and oxygen atoms in total. The predicted molar refractivity (Wildman–Crippen MR) is 227 cm³/mol. The molecule has 7 atom stereocenters. The van der Waals surface area contributed by atoms with Crippen LogP contribution in [0.2, 0.25) is 0 Å². The molecule has 0 radical (unpaired) electrons. The van der Waals surface area contributed by atoms with Crippen LogP contribution in [0, 0.1) is 11.8 Å². The Morgan fingerprint density at radius 2 is 1.42 bits per heavy atom. The fraction of sp³-hybridized carbons (Fsp3) is 0.727. The number of phosphoric ester groups is 1. The number of aliphatic hydroxyl groups is 2. The van der Waals surface area contributed by atoms with E-state index in [4.69, 9.17) is 24.8 Å². The minimum atomic E-state index is -4.79. The molecule has 0 aromatic carbocycles. The smallest absolute Gasteiger partial charge is 0.472 e. The fourth-order valence-corrected chi connectivity index (χ4v) is 7.28. The molecule has 1 fully saturated rings. The zero-order chi connectivity index (χ0) is 43.7. The lowest BCUT2D eigenvalue weighted by molar-refractivity contribution is -0.161. The third kappa shape index (κ3) is 28.2. The Labute approximate surface area is 352 Å². The van der Waals surface area contributed by atoms with Crippen LogP contribution in [0.1, 0.15) is 149 Å². The highest BCUT2D eigenvalue weighted by Crippen LogP contribution is 2.43. The first-order valence-electron chi connectivity index (χ1n) is 21.8. The number of nitrogens with two attached hydrogens (primary N) is 1. The first-order valence-corrected chi connectivity index (χ1v) is 23.3. The van der Waals surface area contributed by atoms with Crippen molar-refractivity contribution >= 4 is 31.5 Å². The molecule has 0 saturated heterocycles. The summed E-state index contributed by atoms with van der Waals surface area (Å²) in [6, 6.07) is -1.57. The van der Waals surface area contributed by atoms with Gasteiger partial charge in [-0.1, -0.05) is 120 Å². The van der Waals surface area contributed by atoms with Gasteiger partial charge in [0.05, 0.1) is 25.4 Å². The zero-order valence-electron chi connectivity index (χ0n) is 35.5. The number of Topliss-reactive ketones (excluding diaryl/α,β-unsaturated/α-hetero) is 1. The van der Waals surface area contributed by atoms with Gasteiger partial charge in [-0.05, 0) is 57.8 Å². The molecule has 0 aliphatic heterocycles. The standard InChI is InChI=1S/C44H74NO13P/c1-3-5-7-8-9-10-11-12-13-14-15-16-17-18-23-27-42(49)55-32-36(33-56-59(53,54)57-34-39(45)44(51)52)58-43(50)28-24-20-19-22-26-37-38(41(48)31-40(37)47)30-29-35(46)25-21-6-4-2/h5,7,9-10,12-13,29-30,35-39,41,46,48H,3-4,6,8,11,14-28,31-34,45H2,1-2H3,(H,51,52)(H,53,54)/b7-5-,10-9-,13-12-,30-29+/t35-,36+,37+,38+,39-,41+/m0/s1. The molecule has 15 heteroatoms. The van der Waals surface area contributed by atoms with Crippen LogP contribution in [0.25, 0.3) is 0 Å². The molecule has 0 bridgehead atoms. The van der Waals surface area contributed by atoms with Gasteiger partial charge in [-0.3, -0.25) is 28.2 Å². The topological polar surface area (TPSA) is 229 Å². The number of carboxylic acid groups (broad SMARTS) is 1. The van der Waals surface area contributed by atoms with Crippen LogP contribution in [-0.2, 0) is 42.3 Å². The van der Waals surface area contributed by atoms with E-state index in [0.29, 0.717) is 38.5 Å². The van der Waals surface area contributed by atoms with Crippen LogP contribution < -0.4 is 5.73 Å². The lowest BCUT2D eigenvalue weighted by Gasteiger charge is -2.20. The van der Waals surface area contributed by atoms with Gasteiger partial charge in [-0.2, -0.15) is 0 Å². The summed E-state index contributed by atoms with van der Waals surface area (Å²) in [5.74, 6) is -3.24. The Hall–Kier alpha value is -2.97. The summed E-state index contributed by atoms with van der Waals surface area (Å²) in [6.07, 6.45) is 29.4. The van der Waals surface area contributed by atoms with Crippen molar-refractivity contribution < 1.29 is 62.5 Å². The number of ether oxygens (including phenoxy) is 2. The van der Waals surface area contributed by atoms with E-state index in [9.17, 15) is 38.8 Å².